The van der Waals surface area contributed by atoms with Gasteiger partial charge in [-0.25, -0.2) is 18.4 Å². The highest BCUT2D eigenvalue weighted by molar-refractivity contribution is 7.90. The van der Waals surface area contributed by atoms with Crippen LogP contribution >= 0.6 is 0 Å². The van der Waals surface area contributed by atoms with Gasteiger partial charge in [-0.05, 0) is 50.2 Å². The summed E-state index contributed by atoms with van der Waals surface area (Å²) in [6.45, 7) is 3.50. The second-order valence-electron chi connectivity index (χ2n) is 6.12. The van der Waals surface area contributed by atoms with Crippen molar-refractivity contribution in [3.63, 3.8) is 0 Å². The molecule has 2 aromatic carbocycles. The van der Waals surface area contributed by atoms with E-state index >= 15 is 0 Å². The van der Waals surface area contributed by atoms with Crippen LogP contribution in [0.3, 0.4) is 0 Å². The Hall–Kier alpha value is -2.67. The molecule has 0 spiro atoms. The van der Waals surface area contributed by atoms with E-state index in [2.05, 4.69) is 0 Å². The lowest BCUT2D eigenvalue weighted by Gasteiger charge is -2.28. The summed E-state index contributed by atoms with van der Waals surface area (Å²) in [6.07, 6.45) is 1.12. The van der Waals surface area contributed by atoms with Gasteiger partial charge in [0.05, 0.1) is 16.3 Å². The molecule has 1 saturated heterocycles. The van der Waals surface area contributed by atoms with E-state index in [1.807, 2.05) is 19.1 Å². The third-order valence-corrected chi connectivity index (χ3v) is 5.27. The lowest BCUT2D eigenvalue weighted by atomic mass is 10.1. The Balaban J connectivity index is 2.06. The number of hydrogen-bond donors (Lipinski definition) is 0. The number of sulfone groups is 1. The lowest BCUT2D eigenvalue weighted by Crippen LogP contribution is -2.41. The number of aryl methyl sites for hydroxylation is 1. The van der Waals surface area contributed by atoms with E-state index in [9.17, 15) is 18.0 Å². The van der Waals surface area contributed by atoms with Crippen molar-refractivity contribution in [3.05, 3.63) is 54.1 Å². The van der Waals surface area contributed by atoms with E-state index in [0.29, 0.717) is 11.4 Å². The Morgan fingerprint density at radius 1 is 0.800 bits per heavy atom. The van der Waals surface area contributed by atoms with Gasteiger partial charge in [0.1, 0.15) is 5.92 Å². The molecule has 0 aromatic heterocycles. The maximum absolute atomic E-state index is 12.6. The zero-order chi connectivity index (χ0) is 18.4. The summed E-state index contributed by atoms with van der Waals surface area (Å²) in [5, 5.41) is 2.63. The van der Waals surface area contributed by atoms with Crippen molar-refractivity contribution in [2.24, 2.45) is 5.92 Å². The van der Waals surface area contributed by atoms with Crippen molar-refractivity contribution in [1.29, 1.82) is 0 Å². The molecule has 0 N–H and O–H groups in total. The van der Waals surface area contributed by atoms with E-state index in [0.717, 1.165) is 11.8 Å². The Labute approximate surface area is 146 Å². The molecule has 1 heterocycles. The first kappa shape index (κ1) is 17.2. The summed E-state index contributed by atoms with van der Waals surface area (Å²) < 4.78 is 23.2. The van der Waals surface area contributed by atoms with E-state index in [1.165, 1.54) is 34.3 Å². The maximum atomic E-state index is 12.6. The molecule has 1 fully saturated rings. The second-order valence-corrected chi connectivity index (χ2v) is 8.14. The smallest absolute Gasteiger partial charge is 0.258 e. The third-order valence-electron chi connectivity index (χ3n) is 4.15. The maximum Gasteiger partial charge on any atom is 0.258 e. The van der Waals surface area contributed by atoms with Crippen LogP contribution in [0.25, 0.3) is 0 Å². The van der Waals surface area contributed by atoms with E-state index < -0.39 is 15.8 Å². The number of rotatable bonds is 3. The van der Waals surface area contributed by atoms with Crippen LogP contribution in [0.15, 0.2) is 53.4 Å². The van der Waals surface area contributed by atoms with Crippen molar-refractivity contribution in [1.82, 2.24) is 0 Å². The van der Waals surface area contributed by atoms with Crippen LogP contribution in [-0.4, -0.2) is 26.5 Å². The molecule has 1 aliphatic heterocycles. The average Bonchev–Trinajstić information content (AvgIpc) is 2.79. The topological polar surface area (TPSA) is 74.8 Å². The van der Waals surface area contributed by atoms with E-state index in [1.54, 1.807) is 19.1 Å². The van der Waals surface area contributed by atoms with Gasteiger partial charge < -0.3 is 0 Å². The quantitative estimate of drug-likeness (QED) is 0.789. The molecule has 25 heavy (non-hydrogen) atoms. The van der Waals surface area contributed by atoms with Gasteiger partial charge >= 0.3 is 0 Å². The highest BCUT2D eigenvalue weighted by atomic mass is 32.2. The number of carbonyl (C=O) groups is 2. The highest BCUT2D eigenvalue weighted by Gasteiger charge is 2.44. The normalized spacial score (nSPS) is 18.1. The van der Waals surface area contributed by atoms with E-state index in [4.69, 9.17) is 0 Å². The van der Waals surface area contributed by atoms with Gasteiger partial charge in [0.25, 0.3) is 11.8 Å². The average molecular weight is 358 g/mol. The largest absolute Gasteiger partial charge is 0.272 e. The number of carbonyl (C=O) groups excluding carboxylic acids is 2. The molecule has 0 aliphatic carbocycles. The monoisotopic (exact) mass is 358 g/mol. The molecular weight excluding hydrogens is 340 g/mol. The van der Waals surface area contributed by atoms with Crippen molar-refractivity contribution in [3.8, 4) is 0 Å². The van der Waals surface area contributed by atoms with Gasteiger partial charge in [0.15, 0.2) is 9.84 Å². The third kappa shape index (κ3) is 3.02. The Bertz CT molecular complexity index is 934. The molecule has 0 radical (unpaired) electrons. The van der Waals surface area contributed by atoms with Gasteiger partial charge in [-0.15, -0.1) is 0 Å². The molecule has 1 atom stereocenters. The Morgan fingerprint density at radius 3 is 1.60 bits per heavy atom. The summed E-state index contributed by atoms with van der Waals surface area (Å²) in [6, 6.07) is 13.2. The molecule has 3 rings (SSSR count). The minimum Gasteiger partial charge on any atom is -0.272 e. The lowest BCUT2D eigenvalue weighted by molar-refractivity contribution is -0.126. The fourth-order valence-corrected chi connectivity index (χ4v) is 3.31. The summed E-state index contributed by atoms with van der Waals surface area (Å²) in [5.41, 5.74) is 2.06. The van der Waals surface area contributed by atoms with Crippen molar-refractivity contribution in [2.45, 2.75) is 18.7 Å². The van der Waals surface area contributed by atoms with Crippen LogP contribution in [0.5, 0.6) is 0 Å². The molecule has 0 bridgehead atoms. The van der Waals surface area contributed by atoms with Crippen LogP contribution < -0.4 is 10.0 Å². The van der Waals surface area contributed by atoms with Gasteiger partial charge in [-0.1, -0.05) is 17.7 Å². The molecule has 0 saturated carbocycles. The Kier molecular flexibility index (Phi) is 4.12. The molecule has 2 amide bonds. The predicted molar refractivity (Wildman–Crippen MR) is 94.9 cm³/mol. The standard InChI is InChI=1S/C18H18N2O4S/c1-12-4-6-14(7-5-12)19-17(21)13(2)18(22)20(19)15-8-10-16(11-9-15)25(3,23)24/h4-11,13H,1-3H3. The molecular formula is C18H18N2O4S. The van der Waals surface area contributed by atoms with Crippen LogP contribution in [0.4, 0.5) is 11.4 Å². The Morgan fingerprint density at radius 2 is 1.20 bits per heavy atom. The summed E-state index contributed by atoms with van der Waals surface area (Å²) in [5.74, 6) is -1.46. The van der Waals surface area contributed by atoms with Gasteiger partial charge in [-0.2, -0.15) is 0 Å². The number of nitrogens with zero attached hydrogens (tertiary/aromatic N) is 2. The fraction of sp³-hybridized carbons (Fsp3) is 0.222. The summed E-state index contributed by atoms with van der Waals surface area (Å²) in [4.78, 5) is 25.3. The first-order chi connectivity index (χ1) is 11.7. The van der Waals surface area contributed by atoms with Crippen LogP contribution in [0.2, 0.25) is 0 Å². The number of hydrogen-bond acceptors (Lipinski definition) is 4. The first-order valence-electron chi connectivity index (χ1n) is 7.75. The summed E-state index contributed by atoms with van der Waals surface area (Å²) >= 11 is 0. The molecule has 1 aliphatic rings. The summed E-state index contributed by atoms with van der Waals surface area (Å²) in [7, 11) is -3.33. The molecule has 6 nitrogen and oxygen atoms in total. The van der Waals surface area contributed by atoms with Crippen molar-refractivity contribution in [2.75, 3.05) is 16.3 Å². The zero-order valence-electron chi connectivity index (χ0n) is 14.1. The number of amides is 2. The second kappa shape index (κ2) is 6.00. The minimum absolute atomic E-state index is 0.157. The number of anilines is 2. The molecule has 130 valence electrons. The highest BCUT2D eigenvalue weighted by Crippen LogP contribution is 2.32. The van der Waals surface area contributed by atoms with Gasteiger partial charge in [0, 0.05) is 6.26 Å². The minimum atomic E-state index is -3.33. The molecule has 1 unspecified atom stereocenters. The van der Waals surface area contributed by atoms with Crippen LogP contribution in [0.1, 0.15) is 12.5 Å². The van der Waals surface area contributed by atoms with Gasteiger partial charge in [0.2, 0.25) is 0 Å². The van der Waals surface area contributed by atoms with Gasteiger partial charge in [-0.3, -0.25) is 9.59 Å². The molecule has 2 aromatic rings. The van der Waals surface area contributed by atoms with Crippen LogP contribution in [-0.2, 0) is 19.4 Å². The van der Waals surface area contributed by atoms with Crippen LogP contribution in [0, 0.1) is 12.8 Å². The van der Waals surface area contributed by atoms with Crippen molar-refractivity contribution >= 4 is 33.0 Å². The fourth-order valence-electron chi connectivity index (χ4n) is 2.68. The predicted octanol–water partition coefficient (Wildman–Crippen LogP) is 2.33. The molecule has 7 heteroatoms. The van der Waals surface area contributed by atoms with Crippen molar-refractivity contribution < 1.29 is 18.0 Å². The zero-order valence-corrected chi connectivity index (χ0v) is 14.9. The SMILES string of the molecule is Cc1ccc(N2C(=O)C(C)C(=O)N2c2ccc(S(C)(=O)=O)cc2)cc1. The van der Waals surface area contributed by atoms with E-state index in [-0.39, 0.29) is 16.7 Å². The number of benzene rings is 2. The number of hydrazine groups is 1. The first-order valence-corrected chi connectivity index (χ1v) is 9.64.